The van der Waals surface area contributed by atoms with Crippen LogP contribution in [-0.4, -0.2) is 18.6 Å². The van der Waals surface area contributed by atoms with Crippen LogP contribution >= 0.6 is 0 Å². The molecule has 1 fully saturated rings. The molecule has 1 N–H and O–H groups in total. The van der Waals surface area contributed by atoms with Gasteiger partial charge in [-0.3, -0.25) is 0 Å². The van der Waals surface area contributed by atoms with Gasteiger partial charge in [0.15, 0.2) is 0 Å². The van der Waals surface area contributed by atoms with Gasteiger partial charge in [-0.25, -0.2) is 4.79 Å². The number of hydrogen-bond acceptors (Lipinski definition) is 3. The highest BCUT2D eigenvalue weighted by Crippen LogP contribution is 2.23. The van der Waals surface area contributed by atoms with Crippen molar-refractivity contribution in [2.75, 3.05) is 6.61 Å². The normalized spacial score (nSPS) is 16.6. The van der Waals surface area contributed by atoms with Gasteiger partial charge in [0.1, 0.15) is 0 Å². The summed E-state index contributed by atoms with van der Waals surface area (Å²) in [6.45, 7) is 9.80. The summed E-state index contributed by atoms with van der Waals surface area (Å²) in [5, 5.41) is 3.34. The molecule has 0 aromatic rings. The molecule has 0 amide bonds. The van der Waals surface area contributed by atoms with E-state index in [4.69, 9.17) is 4.74 Å². The van der Waals surface area contributed by atoms with Gasteiger partial charge in [0.2, 0.25) is 0 Å². The lowest BCUT2D eigenvalue weighted by molar-refractivity contribution is -0.138. The second kappa shape index (κ2) is 6.28. The van der Waals surface area contributed by atoms with Crippen molar-refractivity contribution in [2.45, 2.75) is 39.7 Å². The molecule has 1 aliphatic carbocycles. The monoisotopic (exact) mass is 235 g/mol. The van der Waals surface area contributed by atoms with Crippen molar-refractivity contribution in [1.29, 1.82) is 0 Å². The predicted octanol–water partition coefficient (Wildman–Crippen LogP) is 2.71. The maximum absolute atomic E-state index is 11.8. The van der Waals surface area contributed by atoms with Crippen molar-refractivity contribution in [3.63, 3.8) is 0 Å². The van der Waals surface area contributed by atoms with Crippen LogP contribution in [0.1, 0.15) is 33.6 Å². The summed E-state index contributed by atoms with van der Waals surface area (Å²) >= 11 is 0. The van der Waals surface area contributed by atoms with Gasteiger partial charge in [0, 0.05) is 11.7 Å². The lowest BCUT2D eigenvalue weighted by Gasteiger charge is -2.13. The van der Waals surface area contributed by atoms with Gasteiger partial charge in [-0.2, -0.15) is 0 Å². The molecule has 0 spiro atoms. The first-order valence-electron chi connectivity index (χ1n) is 6.06. The van der Waals surface area contributed by atoms with Gasteiger partial charge in [-0.05, 0) is 39.7 Å². The zero-order chi connectivity index (χ0) is 12.8. The van der Waals surface area contributed by atoms with Crippen LogP contribution in [0.2, 0.25) is 0 Å². The Bertz CT molecular complexity index is 362. The maximum Gasteiger partial charge on any atom is 0.339 e. The Morgan fingerprint density at radius 3 is 2.59 bits per heavy atom. The number of rotatable bonds is 6. The Morgan fingerprint density at radius 2 is 2.18 bits per heavy atom. The highest BCUT2D eigenvalue weighted by Gasteiger charge is 2.24. The van der Waals surface area contributed by atoms with E-state index in [1.54, 1.807) is 6.08 Å². The molecule has 0 unspecified atom stereocenters. The first-order valence-corrected chi connectivity index (χ1v) is 6.06. The summed E-state index contributed by atoms with van der Waals surface area (Å²) < 4.78 is 5.04. The molecule has 0 atom stereocenters. The standard InChI is InChI=1S/C14H21NO2/c1-5-12(14(16)17-6-2)13(9-10(3)4)15-11-7-8-11/h5,9,11,15H,3,6-8H2,1-2,4H3/b12-5+,13-9+. The van der Waals surface area contributed by atoms with Gasteiger partial charge in [-0.15, -0.1) is 0 Å². The van der Waals surface area contributed by atoms with Crippen molar-refractivity contribution in [3.05, 3.63) is 35.6 Å². The Balaban J connectivity index is 2.85. The van der Waals surface area contributed by atoms with Crippen molar-refractivity contribution >= 4 is 5.97 Å². The maximum atomic E-state index is 11.8. The van der Waals surface area contributed by atoms with E-state index >= 15 is 0 Å². The molecule has 0 aromatic carbocycles. The molecule has 0 radical (unpaired) electrons. The molecule has 3 nitrogen and oxygen atoms in total. The zero-order valence-corrected chi connectivity index (χ0v) is 10.9. The number of carbonyl (C=O) groups is 1. The molecule has 0 aromatic heterocycles. The van der Waals surface area contributed by atoms with Gasteiger partial charge in [0.25, 0.3) is 0 Å². The van der Waals surface area contributed by atoms with E-state index in [9.17, 15) is 4.79 Å². The van der Waals surface area contributed by atoms with Crippen LogP contribution in [0.15, 0.2) is 35.6 Å². The van der Waals surface area contributed by atoms with Gasteiger partial charge in [0.05, 0.1) is 12.2 Å². The third-order valence-electron chi connectivity index (χ3n) is 2.40. The molecule has 0 aliphatic heterocycles. The van der Waals surface area contributed by atoms with E-state index in [1.807, 2.05) is 26.8 Å². The third-order valence-corrected chi connectivity index (χ3v) is 2.40. The van der Waals surface area contributed by atoms with E-state index in [2.05, 4.69) is 11.9 Å². The summed E-state index contributed by atoms with van der Waals surface area (Å²) in [6, 6.07) is 0.491. The van der Waals surface area contributed by atoms with Crippen molar-refractivity contribution in [2.24, 2.45) is 0 Å². The largest absolute Gasteiger partial charge is 0.462 e. The summed E-state index contributed by atoms with van der Waals surface area (Å²) in [5.41, 5.74) is 2.32. The smallest absolute Gasteiger partial charge is 0.339 e. The van der Waals surface area contributed by atoms with Gasteiger partial charge >= 0.3 is 5.97 Å². The molecule has 1 rings (SSSR count). The number of allylic oxidation sites excluding steroid dienone is 3. The first-order chi connectivity index (χ1) is 8.08. The van der Waals surface area contributed by atoms with Crippen LogP contribution in [0.3, 0.4) is 0 Å². The molecule has 1 saturated carbocycles. The SMILES string of the molecule is C=C(C)/C=C(NC1CC1)\C(=C/C)C(=O)OCC. The molecule has 1 aliphatic rings. The fourth-order valence-electron chi connectivity index (χ4n) is 1.48. The Morgan fingerprint density at radius 1 is 1.53 bits per heavy atom. The zero-order valence-electron chi connectivity index (χ0n) is 10.9. The molecule has 0 heterocycles. The average Bonchev–Trinajstić information content (AvgIpc) is 3.02. The van der Waals surface area contributed by atoms with E-state index in [1.165, 1.54) is 0 Å². The van der Waals surface area contributed by atoms with Crippen molar-refractivity contribution in [3.8, 4) is 0 Å². The van der Waals surface area contributed by atoms with Crippen molar-refractivity contribution < 1.29 is 9.53 Å². The molecule has 17 heavy (non-hydrogen) atoms. The molecule has 3 heteroatoms. The average molecular weight is 235 g/mol. The summed E-state index contributed by atoms with van der Waals surface area (Å²) in [4.78, 5) is 11.8. The first kappa shape index (κ1) is 13.6. The van der Waals surface area contributed by atoms with Gasteiger partial charge < -0.3 is 10.1 Å². The highest BCUT2D eigenvalue weighted by molar-refractivity contribution is 5.93. The van der Waals surface area contributed by atoms with Gasteiger partial charge in [-0.1, -0.05) is 18.2 Å². The number of carbonyl (C=O) groups excluding carboxylic acids is 1. The fourth-order valence-corrected chi connectivity index (χ4v) is 1.48. The third kappa shape index (κ3) is 4.47. The Kier molecular flexibility index (Phi) is 5.01. The summed E-state index contributed by atoms with van der Waals surface area (Å²) in [7, 11) is 0. The number of esters is 1. The fraction of sp³-hybridized carbons (Fsp3) is 0.500. The van der Waals surface area contributed by atoms with E-state index in [-0.39, 0.29) is 5.97 Å². The molecular formula is C14H21NO2. The summed E-state index contributed by atoms with van der Waals surface area (Å²) in [6.07, 6.45) is 5.99. The van der Waals surface area contributed by atoms with E-state index in [0.29, 0.717) is 18.2 Å². The molecule has 0 saturated heterocycles. The van der Waals surface area contributed by atoms with Crippen LogP contribution in [0.25, 0.3) is 0 Å². The van der Waals surface area contributed by atoms with Crippen molar-refractivity contribution in [1.82, 2.24) is 5.32 Å². The number of hydrogen-bond donors (Lipinski definition) is 1. The highest BCUT2D eigenvalue weighted by atomic mass is 16.5. The Hall–Kier alpha value is -1.51. The molecular weight excluding hydrogens is 214 g/mol. The van der Waals surface area contributed by atoms with E-state index in [0.717, 1.165) is 24.1 Å². The van der Waals surface area contributed by atoms with Crippen LogP contribution in [0.5, 0.6) is 0 Å². The minimum atomic E-state index is -0.282. The minimum Gasteiger partial charge on any atom is -0.462 e. The summed E-state index contributed by atoms with van der Waals surface area (Å²) in [5.74, 6) is -0.282. The van der Waals surface area contributed by atoms with Crippen LogP contribution in [0.4, 0.5) is 0 Å². The number of ether oxygens (including phenoxy) is 1. The minimum absolute atomic E-state index is 0.282. The molecule has 0 bridgehead atoms. The quantitative estimate of drug-likeness (QED) is 0.437. The predicted molar refractivity (Wildman–Crippen MR) is 69.4 cm³/mol. The van der Waals surface area contributed by atoms with Crippen LogP contribution in [0, 0.1) is 0 Å². The van der Waals surface area contributed by atoms with Crippen LogP contribution < -0.4 is 5.32 Å². The second-order valence-corrected chi connectivity index (χ2v) is 4.25. The Labute approximate surface area is 103 Å². The number of nitrogens with one attached hydrogen (secondary N) is 1. The molecule has 94 valence electrons. The lowest BCUT2D eigenvalue weighted by Crippen LogP contribution is -2.22. The van der Waals surface area contributed by atoms with Crippen LogP contribution in [-0.2, 0) is 9.53 Å². The van der Waals surface area contributed by atoms with E-state index < -0.39 is 0 Å². The second-order valence-electron chi connectivity index (χ2n) is 4.25. The topological polar surface area (TPSA) is 38.3 Å². The lowest BCUT2D eigenvalue weighted by atomic mass is 10.1.